The van der Waals surface area contributed by atoms with Gasteiger partial charge in [-0.1, -0.05) is 12.1 Å². The molecule has 1 aromatic heterocycles. The molecule has 7 heteroatoms. The van der Waals surface area contributed by atoms with E-state index < -0.39 is 6.36 Å². The SMILES string of the molecule is Cc1nn(C)cc1C(C)Nc1ccccc1OC(F)(F)F. The predicted molar refractivity (Wildman–Crippen MR) is 73.1 cm³/mol. The molecule has 0 amide bonds. The third kappa shape index (κ3) is 3.90. The normalized spacial score (nSPS) is 13.0. The number of halogens is 3. The second kappa shape index (κ2) is 5.67. The Morgan fingerprint density at radius 2 is 1.95 bits per heavy atom. The summed E-state index contributed by atoms with van der Waals surface area (Å²) >= 11 is 0. The minimum atomic E-state index is -4.72. The van der Waals surface area contributed by atoms with Crippen LogP contribution in [0.1, 0.15) is 24.2 Å². The molecule has 1 atom stereocenters. The number of hydrogen-bond acceptors (Lipinski definition) is 3. The molecule has 21 heavy (non-hydrogen) atoms. The van der Waals surface area contributed by atoms with Crippen LogP contribution < -0.4 is 10.1 Å². The van der Waals surface area contributed by atoms with Crippen LogP contribution in [0.15, 0.2) is 30.5 Å². The predicted octanol–water partition coefficient (Wildman–Crippen LogP) is 3.80. The average Bonchev–Trinajstić information content (AvgIpc) is 2.69. The van der Waals surface area contributed by atoms with Crippen LogP contribution in [0.4, 0.5) is 18.9 Å². The molecule has 0 saturated heterocycles. The first-order chi connectivity index (χ1) is 9.76. The Kier molecular flexibility index (Phi) is 4.11. The van der Waals surface area contributed by atoms with Gasteiger partial charge in [-0.2, -0.15) is 5.10 Å². The number of alkyl halides is 3. The lowest BCUT2D eigenvalue weighted by Gasteiger charge is -2.18. The molecule has 0 aliphatic heterocycles. The summed E-state index contributed by atoms with van der Waals surface area (Å²) in [5, 5.41) is 7.25. The van der Waals surface area contributed by atoms with Crippen molar-refractivity contribution in [2.24, 2.45) is 7.05 Å². The van der Waals surface area contributed by atoms with Gasteiger partial charge in [-0.25, -0.2) is 0 Å². The number of hydrogen-bond donors (Lipinski definition) is 1. The number of anilines is 1. The van der Waals surface area contributed by atoms with Gasteiger partial charge >= 0.3 is 6.36 Å². The Hall–Kier alpha value is -2.18. The zero-order chi connectivity index (χ0) is 15.6. The van der Waals surface area contributed by atoms with Crippen LogP contribution >= 0.6 is 0 Å². The fourth-order valence-electron chi connectivity index (χ4n) is 2.15. The van der Waals surface area contributed by atoms with Gasteiger partial charge in [0, 0.05) is 18.8 Å². The van der Waals surface area contributed by atoms with Gasteiger partial charge in [0.1, 0.15) is 0 Å². The summed E-state index contributed by atoms with van der Waals surface area (Å²) in [6, 6.07) is 5.76. The van der Waals surface area contributed by atoms with Gasteiger partial charge in [0.2, 0.25) is 0 Å². The Labute approximate surface area is 120 Å². The highest BCUT2D eigenvalue weighted by Crippen LogP contribution is 2.32. The third-order valence-corrected chi connectivity index (χ3v) is 3.00. The van der Waals surface area contributed by atoms with Crippen molar-refractivity contribution in [2.45, 2.75) is 26.3 Å². The zero-order valence-corrected chi connectivity index (χ0v) is 11.9. The van der Waals surface area contributed by atoms with Crippen molar-refractivity contribution in [1.82, 2.24) is 9.78 Å². The first-order valence-corrected chi connectivity index (χ1v) is 6.37. The van der Waals surface area contributed by atoms with Gasteiger partial charge < -0.3 is 10.1 Å². The molecule has 4 nitrogen and oxygen atoms in total. The van der Waals surface area contributed by atoms with Crippen molar-refractivity contribution in [2.75, 3.05) is 5.32 Å². The third-order valence-electron chi connectivity index (χ3n) is 3.00. The smallest absolute Gasteiger partial charge is 0.404 e. The topological polar surface area (TPSA) is 39.1 Å². The maximum Gasteiger partial charge on any atom is 0.573 e. The number of aromatic nitrogens is 2. The quantitative estimate of drug-likeness (QED) is 0.933. The largest absolute Gasteiger partial charge is 0.573 e. The molecule has 0 aliphatic carbocycles. The van der Waals surface area contributed by atoms with Crippen molar-refractivity contribution in [3.05, 3.63) is 41.7 Å². The van der Waals surface area contributed by atoms with E-state index in [1.54, 1.807) is 23.9 Å². The number of aryl methyl sites for hydroxylation is 2. The van der Waals surface area contributed by atoms with Crippen LogP contribution in [0.25, 0.3) is 0 Å². The van der Waals surface area contributed by atoms with Crippen molar-refractivity contribution in [3.8, 4) is 5.75 Å². The lowest BCUT2D eigenvalue weighted by atomic mass is 10.1. The molecule has 0 fully saturated rings. The summed E-state index contributed by atoms with van der Waals surface area (Å²) < 4.78 is 42.8. The molecule has 0 spiro atoms. The number of ether oxygens (including phenoxy) is 1. The minimum Gasteiger partial charge on any atom is -0.404 e. The molecule has 0 aliphatic rings. The number of rotatable bonds is 4. The Balaban J connectivity index is 2.21. The summed E-state index contributed by atoms with van der Waals surface area (Å²) in [7, 11) is 1.80. The zero-order valence-electron chi connectivity index (χ0n) is 11.9. The van der Waals surface area contributed by atoms with Gasteiger partial charge in [0.15, 0.2) is 5.75 Å². The number of nitrogens with one attached hydrogen (secondary N) is 1. The van der Waals surface area contributed by atoms with E-state index in [1.807, 2.05) is 20.0 Å². The van der Waals surface area contributed by atoms with Crippen LogP contribution in [0.2, 0.25) is 0 Å². The summed E-state index contributed by atoms with van der Waals surface area (Å²) in [6.45, 7) is 3.71. The summed E-state index contributed by atoms with van der Waals surface area (Å²) in [6.07, 6.45) is -2.88. The molecular formula is C14H16F3N3O. The van der Waals surface area contributed by atoms with Crippen LogP contribution in [0.5, 0.6) is 5.75 Å². The van der Waals surface area contributed by atoms with Crippen molar-refractivity contribution in [3.63, 3.8) is 0 Å². The maximum atomic E-state index is 12.4. The summed E-state index contributed by atoms with van der Waals surface area (Å²) in [5.41, 5.74) is 2.02. The van der Waals surface area contributed by atoms with E-state index >= 15 is 0 Å². The molecule has 1 N–H and O–H groups in total. The molecular weight excluding hydrogens is 283 g/mol. The number of nitrogens with zero attached hydrogens (tertiary/aromatic N) is 2. The van der Waals surface area contributed by atoms with E-state index in [-0.39, 0.29) is 17.5 Å². The first kappa shape index (κ1) is 15.2. The fourth-order valence-corrected chi connectivity index (χ4v) is 2.15. The molecule has 1 unspecified atom stereocenters. The number of benzene rings is 1. The Morgan fingerprint density at radius 3 is 2.52 bits per heavy atom. The lowest BCUT2D eigenvalue weighted by molar-refractivity contribution is -0.274. The highest BCUT2D eigenvalue weighted by atomic mass is 19.4. The fraction of sp³-hybridized carbons (Fsp3) is 0.357. The molecule has 0 saturated carbocycles. The highest BCUT2D eigenvalue weighted by Gasteiger charge is 2.32. The van der Waals surface area contributed by atoms with Crippen LogP contribution in [-0.2, 0) is 7.05 Å². The summed E-state index contributed by atoms with van der Waals surface area (Å²) in [4.78, 5) is 0. The number of para-hydroxylation sites is 2. The molecule has 2 rings (SSSR count). The van der Waals surface area contributed by atoms with Gasteiger partial charge in [-0.05, 0) is 26.0 Å². The summed E-state index contributed by atoms with van der Waals surface area (Å²) in [5.74, 6) is -0.251. The van der Waals surface area contributed by atoms with Crippen LogP contribution in [0.3, 0.4) is 0 Å². The van der Waals surface area contributed by atoms with Gasteiger partial charge in [-0.15, -0.1) is 13.2 Å². The van der Waals surface area contributed by atoms with Crippen LogP contribution in [0, 0.1) is 6.92 Å². The van der Waals surface area contributed by atoms with Crippen molar-refractivity contribution < 1.29 is 17.9 Å². The first-order valence-electron chi connectivity index (χ1n) is 6.37. The van der Waals surface area contributed by atoms with Gasteiger partial charge in [0.05, 0.1) is 17.4 Å². The van der Waals surface area contributed by atoms with Crippen LogP contribution in [-0.4, -0.2) is 16.1 Å². The lowest BCUT2D eigenvalue weighted by Crippen LogP contribution is -2.18. The Bertz CT molecular complexity index is 622. The molecule has 1 aromatic carbocycles. The second-order valence-electron chi connectivity index (χ2n) is 4.75. The van der Waals surface area contributed by atoms with E-state index in [0.29, 0.717) is 0 Å². The van der Waals surface area contributed by atoms with E-state index in [2.05, 4.69) is 15.2 Å². The molecule has 0 radical (unpaired) electrons. The average molecular weight is 299 g/mol. The van der Waals surface area contributed by atoms with Crippen molar-refractivity contribution >= 4 is 5.69 Å². The highest BCUT2D eigenvalue weighted by molar-refractivity contribution is 5.57. The monoisotopic (exact) mass is 299 g/mol. The van der Waals surface area contributed by atoms with Gasteiger partial charge in [0.25, 0.3) is 0 Å². The second-order valence-corrected chi connectivity index (χ2v) is 4.75. The standard InChI is InChI=1S/C14H16F3N3O/c1-9(11-8-20(3)19-10(11)2)18-12-6-4-5-7-13(12)21-14(15,16)17/h4-9,18H,1-3H3. The molecule has 1 heterocycles. The molecule has 114 valence electrons. The van der Waals surface area contributed by atoms with E-state index in [0.717, 1.165) is 11.3 Å². The van der Waals surface area contributed by atoms with Crippen molar-refractivity contribution in [1.29, 1.82) is 0 Å². The van der Waals surface area contributed by atoms with Gasteiger partial charge in [-0.3, -0.25) is 4.68 Å². The van der Waals surface area contributed by atoms with E-state index in [9.17, 15) is 13.2 Å². The maximum absolute atomic E-state index is 12.4. The molecule has 0 bridgehead atoms. The Morgan fingerprint density at radius 1 is 1.29 bits per heavy atom. The molecule has 2 aromatic rings. The minimum absolute atomic E-state index is 0.198. The van der Waals surface area contributed by atoms with E-state index in [4.69, 9.17) is 0 Å². The van der Waals surface area contributed by atoms with E-state index in [1.165, 1.54) is 12.1 Å².